The summed E-state index contributed by atoms with van der Waals surface area (Å²) in [5.41, 5.74) is 2.21. The van der Waals surface area contributed by atoms with Gasteiger partial charge in [-0.25, -0.2) is 4.79 Å². The summed E-state index contributed by atoms with van der Waals surface area (Å²) in [5, 5.41) is 0. The molecule has 2 nitrogen and oxygen atoms in total. The van der Waals surface area contributed by atoms with Gasteiger partial charge in [-0.3, -0.25) is 0 Å². The number of hydrogen-bond donors (Lipinski definition) is 0. The van der Waals surface area contributed by atoms with Gasteiger partial charge in [0.1, 0.15) is 5.75 Å². The van der Waals surface area contributed by atoms with Crippen molar-refractivity contribution in [3.63, 3.8) is 0 Å². The van der Waals surface area contributed by atoms with Gasteiger partial charge in [0, 0.05) is 6.08 Å². The van der Waals surface area contributed by atoms with Gasteiger partial charge >= 0.3 is 5.97 Å². The fourth-order valence-corrected chi connectivity index (χ4v) is 1.39. The molecule has 1 aromatic rings. The van der Waals surface area contributed by atoms with Crippen LogP contribution < -0.4 is 4.74 Å². The van der Waals surface area contributed by atoms with Crippen LogP contribution >= 0.6 is 0 Å². The minimum atomic E-state index is -0.316. The molecule has 0 atom stereocenters. The van der Waals surface area contributed by atoms with Gasteiger partial charge in [-0.15, -0.1) is 0 Å². The van der Waals surface area contributed by atoms with E-state index in [1.165, 1.54) is 11.6 Å². The SMILES string of the molecule is CCCc1ccc(OC(=O)C=C(C)C)cc1. The van der Waals surface area contributed by atoms with E-state index in [9.17, 15) is 4.79 Å². The Hall–Kier alpha value is -1.57. The Balaban J connectivity index is 2.61. The quantitative estimate of drug-likeness (QED) is 0.439. The summed E-state index contributed by atoms with van der Waals surface area (Å²) in [7, 11) is 0. The number of ether oxygens (including phenoxy) is 1. The lowest BCUT2D eigenvalue weighted by Gasteiger charge is -2.03. The van der Waals surface area contributed by atoms with Crippen LogP contribution in [-0.4, -0.2) is 5.97 Å². The zero-order valence-corrected chi connectivity index (χ0v) is 10.1. The molecular formula is C14H18O2. The molecule has 0 saturated heterocycles. The average Bonchev–Trinajstić information content (AvgIpc) is 2.20. The highest BCUT2D eigenvalue weighted by Crippen LogP contribution is 2.13. The van der Waals surface area contributed by atoms with Crippen LogP contribution in [0.4, 0.5) is 0 Å². The number of rotatable bonds is 4. The van der Waals surface area contributed by atoms with E-state index < -0.39 is 0 Å². The molecule has 0 spiro atoms. The molecule has 0 fully saturated rings. The summed E-state index contributed by atoms with van der Waals surface area (Å²) in [6.07, 6.45) is 3.67. The average molecular weight is 218 g/mol. The van der Waals surface area contributed by atoms with E-state index in [2.05, 4.69) is 6.92 Å². The van der Waals surface area contributed by atoms with Gasteiger partial charge in [-0.05, 0) is 38.0 Å². The standard InChI is InChI=1S/C14H18O2/c1-4-5-12-6-8-13(9-7-12)16-14(15)10-11(2)3/h6-10H,4-5H2,1-3H3. The minimum absolute atomic E-state index is 0.316. The van der Waals surface area contributed by atoms with E-state index in [0.717, 1.165) is 18.4 Å². The number of hydrogen-bond acceptors (Lipinski definition) is 2. The van der Waals surface area contributed by atoms with E-state index in [4.69, 9.17) is 4.74 Å². The Kier molecular flexibility index (Phi) is 4.77. The number of carbonyl (C=O) groups is 1. The highest BCUT2D eigenvalue weighted by atomic mass is 16.5. The molecule has 86 valence electrons. The number of allylic oxidation sites excluding steroid dienone is 1. The number of benzene rings is 1. The second kappa shape index (κ2) is 6.11. The molecule has 1 aromatic carbocycles. The molecule has 0 bridgehead atoms. The molecule has 0 aromatic heterocycles. The fraction of sp³-hybridized carbons (Fsp3) is 0.357. The Morgan fingerprint density at radius 2 is 1.88 bits per heavy atom. The summed E-state index contributed by atoms with van der Waals surface area (Å²) < 4.78 is 5.14. The van der Waals surface area contributed by atoms with Gasteiger partial charge in [0.25, 0.3) is 0 Å². The van der Waals surface area contributed by atoms with Gasteiger partial charge in [0.2, 0.25) is 0 Å². The first-order chi connectivity index (χ1) is 7.61. The molecule has 0 saturated carbocycles. The smallest absolute Gasteiger partial charge is 0.336 e. The zero-order chi connectivity index (χ0) is 12.0. The van der Waals surface area contributed by atoms with Crippen molar-refractivity contribution in [1.82, 2.24) is 0 Å². The monoisotopic (exact) mass is 218 g/mol. The van der Waals surface area contributed by atoms with Crippen LogP contribution in [0.25, 0.3) is 0 Å². The highest BCUT2D eigenvalue weighted by Gasteiger charge is 2.00. The predicted octanol–water partition coefficient (Wildman–Crippen LogP) is 3.51. The zero-order valence-electron chi connectivity index (χ0n) is 10.1. The molecule has 1 rings (SSSR count). The second-order valence-corrected chi connectivity index (χ2v) is 4.04. The van der Waals surface area contributed by atoms with E-state index in [-0.39, 0.29) is 5.97 Å². The maximum absolute atomic E-state index is 11.3. The van der Waals surface area contributed by atoms with Crippen LogP contribution in [0.15, 0.2) is 35.9 Å². The topological polar surface area (TPSA) is 26.3 Å². The lowest BCUT2D eigenvalue weighted by Crippen LogP contribution is -2.04. The third-order valence-electron chi connectivity index (χ3n) is 2.09. The van der Waals surface area contributed by atoms with E-state index in [1.807, 2.05) is 38.1 Å². The molecular weight excluding hydrogens is 200 g/mol. The summed E-state index contributed by atoms with van der Waals surface area (Å²) in [5.74, 6) is 0.283. The molecule has 0 amide bonds. The van der Waals surface area contributed by atoms with E-state index in [0.29, 0.717) is 5.75 Å². The third-order valence-corrected chi connectivity index (χ3v) is 2.09. The van der Waals surface area contributed by atoms with Crippen LogP contribution in [0.1, 0.15) is 32.8 Å². The highest BCUT2D eigenvalue weighted by molar-refractivity contribution is 5.84. The first-order valence-electron chi connectivity index (χ1n) is 5.57. The van der Waals surface area contributed by atoms with Gasteiger partial charge in [0.05, 0.1) is 0 Å². The van der Waals surface area contributed by atoms with Gasteiger partial charge < -0.3 is 4.74 Å². The van der Waals surface area contributed by atoms with Crippen LogP contribution in [0.5, 0.6) is 5.75 Å². The van der Waals surface area contributed by atoms with Crippen molar-refractivity contribution in [2.24, 2.45) is 0 Å². The molecule has 0 aliphatic carbocycles. The summed E-state index contributed by atoms with van der Waals surface area (Å²) in [6.45, 7) is 5.87. The van der Waals surface area contributed by atoms with E-state index >= 15 is 0 Å². The Morgan fingerprint density at radius 1 is 1.25 bits per heavy atom. The number of carbonyl (C=O) groups excluding carboxylic acids is 1. The first-order valence-corrected chi connectivity index (χ1v) is 5.57. The number of esters is 1. The Bertz CT molecular complexity index is 370. The van der Waals surface area contributed by atoms with Crippen LogP contribution in [0.3, 0.4) is 0 Å². The third kappa shape index (κ3) is 4.30. The van der Waals surface area contributed by atoms with Crippen molar-refractivity contribution in [1.29, 1.82) is 0 Å². The van der Waals surface area contributed by atoms with Gasteiger partial charge in [-0.1, -0.05) is 31.1 Å². The van der Waals surface area contributed by atoms with Crippen LogP contribution in [-0.2, 0) is 11.2 Å². The van der Waals surface area contributed by atoms with Crippen molar-refractivity contribution >= 4 is 5.97 Å². The number of aryl methyl sites for hydroxylation is 1. The minimum Gasteiger partial charge on any atom is -0.423 e. The van der Waals surface area contributed by atoms with Crippen LogP contribution in [0.2, 0.25) is 0 Å². The molecule has 0 aliphatic rings. The largest absolute Gasteiger partial charge is 0.423 e. The molecule has 0 aliphatic heterocycles. The van der Waals surface area contributed by atoms with Gasteiger partial charge in [-0.2, -0.15) is 0 Å². The Morgan fingerprint density at radius 3 is 2.38 bits per heavy atom. The summed E-state index contributed by atoms with van der Waals surface area (Å²) in [6, 6.07) is 7.66. The predicted molar refractivity (Wildman–Crippen MR) is 65.5 cm³/mol. The second-order valence-electron chi connectivity index (χ2n) is 4.04. The molecule has 0 N–H and O–H groups in total. The molecule has 0 unspecified atom stereocenters. The Labute approximate surface area is 96.9 Å². The molecule has 0 heterocycles. The van der Waals surface area contributed by atoms with E-state index in [1.54, 1.807) is 0 Å². The van der Waals surface area contributed by atoms with Gasteiger partial charge in [0.15, 0.2) is 0 Å². The summed E-state index contributed by atoms with van der Waals surface area (Å²) >= 11 is 0. The maximum atomic E-state index is 11.3. The van der Waals surface area contributed by atoms with Crippen molar-refractivity contribution in [3.05, 3.63) is 41.5 Å². The van der Waals surface area contributed by atoms with Crippen molar-refractivity contribution in [2.75, 3.05) is 0 Å². The van der Waals surface area contributed by atoms with Crippen LogP contribution in [0, 0.1) is 0 Å². The molecule has 2 heteroatoms. The fourth-order valence-electron chi connectivity index (χ4n) is 1.39. The lowest BCUT2D eigenvalue weighted by atomic mass is 10.1. The normalized spacial score (nSPS) is 9.69. The van der Waals surface area contributed by atoms with Crippen molar-refractivity contribution in [2.45, 2.75) is 33.6 Å². The first kappa shape index (κ1) is 12.5. The van der Waals surface area contributed by atoms with Crippen molar-refractivity contribution < 1.29 is 9.53 Å². The molecule has 0 radical (unpaired) electrons. The summed E-state index contributed by atoms with van der Waals surface area (Å²) in [4.78, 5) is 11.3. The lowest BCUT2D eigenvalue weighted by molar-refractivity contribution is -0.129. The molecule has 16 heavy (non-hydrogen) atoms. The maximum Gasteiger partial charge on any atom is 0.336 e. The van der Waals surface area contributed by atoms with Crippen molar-refractivity contribution in [3.8, 4) is 5.75 Å².